The maximum absolute atomic E-state index is 10.00. The summed E-state index contributed by atoms with van der Waals surface area (Å²) in [5.74, 6) is -0.341. The van der Waals surface area contributed by atoms with Crippen LogP contribution < -0.4 is 11.1 Å². The van der Waals surface area contributed by atoms with Crippen molar-refractivity contribution >= 4 is 5.91 Å². The van der Waals surface area contributed by atoms with Crippen molar-refractivity contribution in [3.63, 3.8) is 0 Å². The van der Waals surface area contributed by atoms with Gasteiger partial charge in [0.1, 0.15) is 0 Å². The minimum absolute atomic E-state index is 0.228. The van der Waals surface area contributed by atoms with Crippen LogP contribution in [0.2, 0.25) is 0 Å². The third-order valence-corrected chi connectivity index (χ3v) is 0.588. The van der Waals surface area contributed by atoms with Crippen molar-refractivity contribution in [2.24, 2.45) is 5.73 Å². The van der Waals surface area contributed by atoms with Crippen LogP contribution in [0.1, 0.15) is 0 Å². The molecule has 0 unspecified atom stereocenters. The number of carbonyl (C=O) groups is 1. The fraction of sp³-hybridized carbons (Fsp3) is 0.400. The first kappa shape index (κ1) is 7.17. The van der Waals surface area contributed by atoms with E-state index >= 15 is 0 Å². The van der Waals surface area contributed by atoms with Crippen molar-refractivity contribution < 1.29 is 4.79 Å². The number of carbonyl (C=O) groups excluding carboxylic acids is 1. The molecular weight excluding hydrogens is 104 g/mol. The van der Waals surface area contributed by atoms with Gasteiger partial charge >= 0.3 is 0 Å². The molecule has 0 saturated heterocycles. The van der Waals surface area contributed by atoms with Crippen LogP contribution >= 0.6 is 0 Å². The molecule has 3 nitrogen and oxygen atoms in total. The van der Waals surface area contributed by atoms with Crippen LogP contribution in [0, 0.1) is 0 Å². The van der Waals surface area contributed by atoms with Crippen molar-refractivity contribution in [3.05, 3.63) is 12.7 Å². The van der Waals surface area contributed by atoms with Gasteiger partial charge in [0.25, 0.3) is 0 Å². The summed E-state index contributed by atoms with van der Waals surface area (Å²) in [6, 6.07) is 0. The summed E-state index contributed by atoms with van der Waals surface area (Å²) in [7, 11) is 0. The highest BCUT2D eigenvalue weighted by atomic mass is 16.1. The van der Waals surface area contributed by atoms with E-state index in [9.17, 15) is 4.79 Å². The predicted molar refractivity (Wildman–Crippen MR) is 32.3 cm³/mol. The largest absolute Gasteiger partial charge is 0.369 e. The summed E-state index contributed by atoms with van der Waals surface area (Å²) in [6.45, 7) is 4.30. The second-order valence-corrected chi connectivity index (χ2v) is 1.39. The lowest BCUT2D eigenvalue weighted by Gasteiger charge is -1.92. The molecule has 0 aromatic carbocycles. The van der Waals surface area contributed by atoms with Crippen molar-refractivity contribution in [3.8, 4) is 0 Å². The quantitative estimate of drug-likeness (QED) is 0.373. The zero-order chi connectivity index (χ0) is 6.41. The zero-order valence-electron chi connectivity index (χ0n) is 4.68. The zero-order valence-corrected chi connectivity index (χ0v) is 4.68. The Labute approximate surface area is 48.6 Å². The average molecular weight is 114 g/mol. The van der Waals surface area contributed by atoms with E-state index in [2.05, 4.69) is 11.9 Å². The molecule has 0 spiro atoms. The molecule has 0 aliphatic rings. The van der Waals surface area contributed by atoms with E-state index in [-0.39, 0.29) is 12.5 Å². The fourth-order valence-electron chi connectivity index (χ4n) is 0.297. The van der Waals surface area contributed by atoms with E-state index in [1.54, 1.807) is 6.08 Å². The van der Waals surface area contributed by atoms with E-state index in [1.165, 1.54) is 0 Å². The Morgan fingerprint density at radius 1 is 1.88 bits per heavy atom. The van der Waals surface area contributed by atoms with E-state index < -0.39 is 0 Å². The van der Waals surface area contributed by atoms with E-state index in [4.69, 9.17) is 5.73 Å². The number of nitrogens with one attached hydrogen (secondary N) is 1. The molecule has 3 heteroatoms. The summed E-state index contributed by atoms with van der Waals surface area (Å²) in [5.41, 5.74) is 4.80. The van der Waals surface area contributed by atoms with Gasteiger partial charge in [0, 0.05) is 6.54 Å². The minimum Gasteiger partial charge on any atom is -0.369 e. The highest BCUT2D eigenvalue weighted by Gasteiger charge is 1.86. The van der Waals surface area contributed by atoms with Crippen LogP contribution in [0.4, 0.5) is 0 Å². The van der Waals surface area contributed by atoms with Crippen LogP contribution in [0.5, 0.6) is 0 Å². The summed E-state index contributed by atoms with van der Waals surface area (Å²) >= 11 is 0. The highest BCUT2D eigenvalue weighted by Crippen LogP contribution is 1.58. The molecule has 0 aromatic heterocycles. The van der Waals surface area contributed by atoms with Gasteiger partial charge < -0.3 is 11.1 Å². The lowest BCUT2D eigenvalue weighted by Crippen LogP contribution is -2.28. The fourth-order valence-corrected chi connectivity index (χ4v) is 0.297. The molecule has 46 valence electrons. The van der Waals surface area contributed by atoms with Crippen LogP contribution in [-0.4, -0.2) is 19.0 Å². The molecule has 0 aliphatic carbocycles. The molecule has 0 fully saturated rings. The second-order valence-electron chi connectivity index (χ2n) is 1.39. The van der Waals surface area contributed by atoms with Crippen molar-refractivity contribution in [2.75, 3.05) is 13.1 Å². The molecule has 0 aliphatic heterocycles. The monoisotopic (exact) mass is 114 g/mol. The molecule has 0 saturated carbocycles. The Balaban J connectivity index is 2.93. The summed E-state index contributed by atoms with van der Waals surface area (Å²) in [6.07, 6.45) is 1.67. The molecule has 0 aromatic rings. The number of rotatable bonds is 4. The molecule has 0 atom stereocenters. The molecule has 3 N–H and O–H groups in total. The van der Waals surface area contributed by atoms with Crippen LogP contribution in [0.25, 0.3) is 0 Å². The molecule has 1 amide bonds. The smallest absolute Gasteiger partial charge is 0.231 e. The van der Waals surface area contributed by atoms with Crippen molar-refractivity contribution in [2.45, 2.75) is 0 Å². The second kappa shape index (κ2) is 4.33. The van der Waals surface area contributed by atoms with Gasteiger partial charge in [-0.05, 0) is 0 Å². The number of hydrogen-bond donors (Lipinski definition) is 2. The Morgan fingerprint density at radius 2 is 2.50 bits per heavy atom. The van der Waals surface area contributed by atoms with Crippen molar-refractivity contribution in [1.29, 1.82) is 0 Å². The normalized spacial score (nSPS) is 8.50. The molecule has 0 rings (SSSR count). The van der Waals surface area contributed by atoms with Gasteiger partial charge in [-0.25, -0.2) is 0 Å². The standard InChI is InChI=1S/C5H10N2O/c1-2-3-7-4-5(6)8/h2,7H,1,3-4H2,(H2,6,8). The molecule has 0 bridgehead atoms. The van der Waals surface area contributed by atoms with Gasteiger partial charge in [0.05, 0.1) is 6.54 Å². The van der Waals surface area contributed by atoms with Crippen LogP contribution in [0.3, 0.4) is 0 Å². The van der Waals surface area contributed by atoms with Gasteiger partial charge in [0.2, 0.25) is 5.91 Å². The third-order valence-electron chi connectivity index (χ3n) is 0.588. The first-order valence-electron chi connectivity index (χ1n) is 2.37. The van der Waals surface area contributed by atoms with Crippen LogP contribution in [-0.2, 0) is 4.79 Å². The molecule has 0 heterocycles. The Hall–Kier alpha value is -0.830. The number of primary amides is 1. The lowest BCUT2D eigenvalue weighted by atomic mass is 10.5. The topological polar surface area (TPSA) is 55.1 Å². The van der Waals surface area contributed by atoms with Crippen LogP contribution in [0.15, 0.2) is 12.7 Å². The molecule has 8 heavy (non-hydrogen) atoms. The molecule has 0 radical (unpaired) electrons. The van der Waals surface area contributed by atoms with Gasteiger partial charge in [-0.2, -0.15) is 0 Å². The number of nitrogens with two attached hydrogens (primary N) is 1. The van der Waals surface area contributed by atoms with Crippen molar-refractivity contribution in [1.82, 2.24) is 5.32 Å². The van der Waals surface area contributed by atoms with Gasteiger partial charge in [-0.3, -0.25) is 4.79 Å². The SMILES string of the molecule is C=CCNCC(N)=O. The lowest BCUT2D eigenvalue weighted by molar-refractivity contribution is -0.117. The first-order chi connectivity index (χ1) is 3.77. The highest BCUT2D eigenvalue weighted by molar-refractivity contribution is 5.75. The molecular formula is C5H10N2O. The average Bonchev–Trinajstić information content (AvgIpc) is 1.66. The van der Waals surface area contributed by atoms with Gasteiger partial charge in [-0.15, -0.1) is 6.58 Å². The van der Waals surface area contributed by atoms with E-state index in [0.717, 1.165) is 0 Å². The predicted octanol–water partition coefficient (Wildman–Crippen LogP) is -0.753. The summed E-state index contributed by atoms with van der Waals surface area (Å²) in [4.78, 5) is 10.00. The Bertz CT molecular complexity index is 90.4. The maximum atomic E-state index is 10.00. The van der Waals surface area contributed by atoms with E-state index in [0.29, 0.717) is 6.54 Å². The van der Waals surface area contributed by atoms with E-state index in [1.807, 2.05) is 0 Å². The summed E-state index contributed by atoms with van der Waals surface area (Å²) < 4.78 is 0. The number of amides is 1. The minimum atomic E-state index is -0.341. The van der Waals surface area contributed by atoms with Gasteiger partial charge in [-0.1, -0.05) is 6.08 Å². The Kier molecular flexibility index (Phi) is 3.88. The maximum Gasteiger partial charge on any atom is 0.231 e. The summed E-state index contributed by atoms with van der Waals surface area (Å²) in [5, 5.41) is 2.74. The number of hydrogen-bond acceptors (Lipinski definition) is 2. The first-order valence-corrected chi connectivity index (χ1v) is 2.37. The van der Waals surface area contributed by atoms with Gasteiger partial charge in [0.15, 0.2) is 0 Å². The Morgan fingerprint density at radius 3 is 2.88 bits per heavy atom. The third kappa shape index (κ3) is 5.17.